The van der Waals surface area contributed by atoms with Crippen molar-refractivity contribution in [2.24, 2.45) is 9.50 Å². The highest BCUT2D eigenvalue weighted by atomic mass is 32.2. The summed E-state index contributed by atoms with van der Waals surface area (Å²) < 4.78 is 18.9. The van der Waals surface area contributed by atoms with Gasteiger partial charge in [-0.3, -0.25) is 0 Å². The van der Waals surface area contributed by atoms with E-state index >= 15 is 0 Å². The number of allylic oxidation sites excluding steroid dienone is 1. The van der Waals surface area contributed by atoms with Gasteiger partial charge in [0, 0.05) is 11.8 Å². The summed E-state index contributed by atoms with van der Waals surface area (Å²) in [6.07, 6.45) is 8.58. The standard InChI is InChI=1S/C28H33N5O3S/c1-4-10-19-20-13-8-15-22(20)26(23-16-9-14-21(19)23)30-27(34)32-37(29,36)25-17-24(28(2,3)35)33(31-25)18-11-6-5-7-12-18/h4-7,11-12,17,35H,1,8-10,13-16H2,2-3H3,(H3,29,30,32,34,36)/t37-/m1/s1. The van der Waals surface area contributed by atoms with Crippen LogP contribution in [0.5, 0.6) is 0 Å². The number of nitrogens with one attached hydrogen (secondary N) is 1. The normalized spacial score (nSPS) is 16.1. The molecule has 1 atom stereocenters. The lowest BCUT2D eigenvalue weighted by Crippen LogP contribution is -2.20. The highest BCUT2D eigenvalue weighted by Crippen LogP contribution is 2.42. The number of aliphatic hydroxyl groups is 1. The van der Waals surface area contributed by atoms with Gasteiger partial charge in [-0.25, -0.2) is 18.8 Å². The minimum absolute atomic E-state index is 0.0691. The van der Waals surface area contributed by atoms with Crippen molar-refractivity contribution in [2.75, 3.05) is 5.32 Å². The zero-order valence-electron chi connectivity index (χ0n) is 21.3. The number of benzene rings is 2. The van der Waals surface area contributed by atoms with Crippen molar-refractivity contribution in [3.8, 4) is 5.69 Å². The van der Waals surface area contributed by atoms with Gasteiger partial charge in [-0.15, -0.1) is 10.9 Å². The summed E-state index contributed by atoms with van der Waals surface area (Å²) >= 11 is 0. The first kappa shape index (κ1) is 25.4. The number of para-hydroxylation sites is 1. The molecule has 2 aromatic carbocycles. The lowest BCUT2D eigenvalue weighted by molar-refractivity contribution is 0.0711. The molecule has 2 amide bonds. The van der Waals surface area contributed by atoms with E-state index in [0.717, 1.165) is 61.8 Å². The van der Waals surface area contributed by atoms with Crippen LogP contribution in [0.1, 0.15) is 60.2 Å². The molecule has 8 nitrogen and oxygen atoms in total. The van der Waals surface area contributed by atoms with Crippen molar-refractivity contribution >= 4 is 21.6 Å². The van der Waals surface area contributed by atoms with Crippen LogP contribution in [0.3, 0.4) is 0 Å². The number of amides is 2. The van der Waals surface area contributed by atoms with E-state index in [1.807, 2.05) is 36.4 Å². The number of hydrogen-bond acceptors (Lipinski definition) is 4. The molecule has 194 valence electrons. The second-order valence-electron chi connectivity index (χ2n) is 10.2. The van der Waals surface area contributed by atoms with E-state index in [1.165, 1.54) is 27.4 Å². The Bertz CT molecular complexity index is 1470. The van der Waals surface area contributed by atoms with Gasteiger partial charge in [0.1, 0.15) is 5.60 Å². The molecule has 0 saturated heterocycles. The van der Waals surface area contributed by atoms with E-state index in [1.54, 1.807) is 13.8 Å². The number of nitrogens with zero attached hydrogens (tertiary/aromatic N) is 3. The van der Waals surface area contributed by atoms with Gasteiger partial charge in [-0.05, 0) is 98.7 Å². The SMILES string of the molecule is C=CCc1c2c(c(NC(=O)N=[S@@](N)(=O)c3cc(C(C)(C)O)n(-c4ccccc4)n3)c3c1CCC3)CCC2. The number of anilines is 1. The maximum Gasteiger partial charge on any atom is 0.354 e. The topological polar surface area (TPSA) is 123 Å². The number of carbonyl (C=O) groups is 1. The first-order valence-electron chi connectivity index (χ1n) is 12.6. The average Bonchev–Trinajstić information content (AvgIpc) is 3.60. The van der Waals surface area contributed by atoms with Crippen molar-refractivity contribution < 1.29 is 14.1 Å². The number of hydrogen-bond donors (Lipinski definition) is 3. The lowest BCUT2D eigenvalue weighted by Gasteiger charge is -2.19. The van der Waals surface area contributed by atoms with Gasteiger partial charge in [0.2, 0.25) is 0 Å². The molecule has 0 fully saturated rings. The molecule has 37 heavy (non-hydrogen) atoms. The quantitative estimate of drug-likeness (QED) is 0.407. The predicted molar refractivity (Wildman–Crippen MR) is 145 cm³/mol. The second-order valence-corrected chi connectivity index (χ2v) is 12.0. The third-order valence-electron chi connectivity index (χ3n) is 7.18. The van der Waals surface area contributed by atoms with Gasteiger partial charge in [0.15, 0.2) is 14.9 Å². The maximum absolute atomic E-state index is 13.5. The summed E-state index contributed by atoms with van der Waals surface area (Å²) in [4.78, 5) is 13.1. The van der Waals surface area contributed by atoms with E-state index in [4.69, 9.17) is 5.14 Å². The molecule has 5 rings (SSSR count). The van der Waals surface area contributed by atoms with Crippen molar-refractivity contribution in [2.45, 2.75) is 69.4 Å². The Morgan fingerprint density at radius 1 is 1.16 bits per heavy atom. The monoisotopic (exact) mass is 519 g/mol. The van der Waals surface area contributed by atoms with Gasteiger partial charge in [-0.2, -0.15) is 5.10 Å². The Kier molecular flexibility index (Phi) is 6.55. The van der Waals surface area contributed by atoms with Crippen LogP contribution < -0.4 is 10.5 Å². The van der Waals surface area contributed by atoms with E-state index in [-0.39, 0.29) is 5.03 Å². The zero-order chi connectivity index (χ0) is 26.4. The molecule has 9 heteroatoms. The zero-order valence-corrected chi connectivity index (χ0v) is 22.1. The van der Waals surface area contributed by atoms with Crippen molar-refractivity contribution in [3.63, 3.8) is 0 Å². The summed E-state index contributed by atoms with van der Waals surface area (Å²) in [6.45, 7) is 7.14. The molecular formula is C28H33N5O3S. The lowest BCUT2D eigenvalue weighted by atomic mass is 9.90. The Hall–Kier alpha value is -3.27. The molecule has 2 aliphatic rings. The fourth-order valence-corrected chi connectivity index (χ4v) is 6.48. The molecule has 0 aliphatic heterocycles. The van der Waals surface area contributed by atoms with E-state index < -0.39 is 21.5 Å². The Morgan fingerprint density at radius 2 is 1.76 bits per heavy atom. The van der Waals surface area contributed by atoms with Crippen LogP contribution >= 0.6 is 0 Å². The molecule has 2 aliphatic carbocycles. The number of carbonyl (C=O) groups excluding carboxylic acids is 1. The Balaban J connectivity index is 1.53. The van der Waals surface area contributed by atoms with Crippen LogP contribution in [0.4, 0.5) is 10.5 Å². The van der Waals surface area contributed by atoms with E-state index in [9.17, 15) is 14.1 Å². The number of aromatic nitrogens is 2. The summed E-state index contributed by atoms with van der Waals surface area (Å²) in [5, 5.41) is 24.1. The van der Waals surface area contributed by atoms with Crippen LogP contribution in [0.25, 0.3) is 5.69 Å². The smallest absolute Gasteiger partial charge is 0.354 e. The van der Waals surface area contributed by atoms with Crippen LogP contribution in [0, 0.1) is 0 Å². The largest absolute Gasteiger partial charge is 0.384 e. The van der Waals surface area contributed by atoms with Crippen LogP contribution in [0.2, 0.25) is 0 Å². The van der Waals surface area contributed by atoms with Crippen molar-refractivity contribution in [3.05, 3.63) is 82.6 Å². The van der Waals surface area contributed by atoms with Crippen LogP contribution in [-0.2, 0) is 47.6 Å². The molecule has 0 bridgehead atoms. The number of urea groups is 1. The van der Waals surface area contributed by atoms with Gasteiger partial charge >= 0.3 is 6.03 Å². The first-order chi connectivity index (χ1) is 17.6. The minimum Gasteiger partial charge on any atom is -0.384 e. The Labute approximate surface area is 217 Å². The highest BCUT2D eigenvalue weighted by molar-refractivity contribution is 7.91. The van der Waals surface area contributed by atoms with Crippen molar-refractivity contribution in [1.82, 2.24) is 9.78 Å². The van der Waals surface area contributed by atoms with Crippen LogP contribution in [-0.4, -0.2) is 25.1 Å². The maximum atomic E-state index is 13.5. The van der Waals surface area contributed by atoms with Gasteiger partial charge in [0.25, 0.3) is 0 Å². The fourth-order valence-electron chi connectivity index (χ4n) is 5.61. The summed E-state index contributed by atoms with van der Waals surface area (Å²) in [6, 6.07) is 9.84. The minimum atomic E-state index is -3.69. The number of nitrogens with two attached hydrogens (primary N) is 1. The Morgan fingerprint density at radius 3 is 2.32 bits per heavy atom. The first-order valence-corrected chi connectivity index (χ1v) is 14.2. The predicted octanol–water partition coefficient (Wildman–Crippen LogP) is 4.74. The molecule has 0 spiro atoms. The van der Waals surface area contributed by atoms with Gasteiger partial charge in [0.05, 0.1) is 11.4 Å². The third-order valence-corrected chi connectivity index (χ3v) is 8.42. The van der Waals surface area contributed by atoms with Gasteiger partial charge < -0.3 is 10.4 Å². The molecule has 4 N–H and O–H groups in total. The fraction of sp³-hybridized carbons (Fsp3) is 0.357. The van der Waals surface area contributed by atoms with E-state index in [0.29, 0.717) is 11.4 Å². The highest BCUT2D eigenvalue weighted by Gasteiger charge is 2.30. The third kappa shape index (κ3) is 4.74. The summed E-state index contributed by atoms with van der Waals surface area (Å²) in [5.41, 5.74) is 6.84. The molecule has 0 radical (unpaired) electrons. The summed E-state index contributed by atoms with van der Waals surface area (Å²) in [7, 11) is -3.69. The van der Waals surface area contributed by atoms with Crippen LogP contribution in [0.15, 0.2) is 58.4 Å². The molecule has 1 aromatic heterocycles. The summed E-state index contributed by atoms with van der Waals surface area (Å²) in [5.74, 6) is 0. The molecule has 1 heterocycles. The number of rotatable bonds is 6. The second kappa shape index (κ2) is 9.55. The number of fused-ring (bicyclic) bond motifs is 2. The van der Waals surface area contributed by atoms with Crippen molar-refractivity contribution in [1.29, 1.82) is 0 Å². The molecule has 3 aromatic rings. The van der Waals surface area contributed by atoms with E-state index in [2.05, 4.69) is 21.4 Å². The van der Waals surface area contributed by atoms with Gasteiger partial charge in [-0.1, -0.05) is 24.3 Å². The average molecular weight is 520 g/mol. The molecule has 0 saturated carbocycles. The molecular weight excluding hydrogens is 486 g/mol. The molecule has 0 unspecified atom stereocenters.